The molecule has 7 heteroatoms. The van der Waals surface area contributed by atoms with Crippen LogP contribution in [0.5, 0.6) is 5.75 Å². The summed E-state index contributed by atoms with van der Waals surface area (Å²) >= 11 is 0. The molecule has 0 saturated carbocycles. The van der Waals surface area contributed by atoms with Crippen molar-refractivity contribution in [2.45, 2.75) is 36.2 Å². The Balaban J connectivity index is 1.57. The molecule has 1 N–H and O–H groups in total. The second-order valence-corrected chi connectivity index (χ2v) is 10.2. The lowest BCUT2D eigenvalue weighted by atomic mass is 9.65. The number of hydrogen-bond acceptors (Lipinski definition) is 5. The minimum Gasteiger partial charge on any atom is -0.479 e. The molecule has 0 saturated heterocycles. The van der Waals surface area contributed by atoms with E-state index in [4.69, 9.17) is 4.74 Å². The van der Waals surface area contributed by atoms with Gasteiger partial charge in [0.15, 0.2) is 11.5 Å². The highest BCUT2D eigenvalue weighted by molar-refractivity contribution is 7.92. The first-order valence-electron chi connectivity index (χ1n) is 10.7. The third-order valence-corrected chi connectivity index (χ3v) is 7.99. The molecule has 1 heterocycles. The molecule has 33 heavy (non-hydrogen) atoms. The fraction of sp³-hybridized carbons (Fsp3) is 0.231. The normalized spacial score (nSPS) is 20.5. The van der Waals surface area contributed by atoms with Gasteiger partial charge in [-0.25, -0.2) is 8.42 Å². The van der Waals surface area contributed by atoms with Gasteiger partial charge in [-0.3, -0.25) is 4.72 Å². The van der Waals surface area contributed by atoms with Crippen LogP contribution in [-0.2, 0) is 22.0 Å². The van der Waals surface area contributed by atoms with Gasteiger partial charge < -0.3 is 4.74 Å². The van der Waals surface area contributed by atoms with Gasteiger partial charge in [-0.2, -0.15) is 10.5 Å². The van der Waals surface area contributed by atoms with E-state index < -0.39 is 21.5 Å². The summed E-state index contributed by atoms with van der Waals surface area (Å²) in [6.45, 7) is 1.90. The van der Waals surface area contributed by atoms with Crippen LogP contribution in [0.2, 0.25) is 0 Å². The summed E-state index contributed by atoms with van der Waals surface area (Å²) in [6, 6.07) is 23.8. The van der Waals surface area contributed by atoms with E-state index in [0.717, 1.165) is 28.7 Å². The molecule has 3 aromatic carbocycles. The maximum absolute atomic E-state index is 12.9. The highest BCUT2D eigenvalue weighted by Crippen LogP contribution is 2.59. The van der Waals surface area contributed by atoms with E-state index in [1.54, 1.807) is 42.5 Å². The lowest BCUT2D eigenvalue weighted by Gasteiger charge is -2.40. The Hall–Kier alpha value is -3.81. The van der Waals surface area contributed by atoms with Crippen LogP contribution in [0.3, 0.4) is 0 Å². The number of fused-ring (bicyclic) bond motifs is 5. The average Bonchev–Trinajstić information content (AvgIpc) is 3.15. The predicted octanol–water partition coefficient (Wildman–Crippen LogP) is 4.78. The zero-order valence-electron chi connectivity index (χ0n) is 17.9. The van der Waals surface area contributed by atoms with Crippen molar-refractivity contribution in [2.75, 3.05) is 4.72 Å². The van der Waals surface area contributed by atoms with Crippen LogP contribution in [0, 0.1) is 35.5 Å². The number of hydrogen-bond donors (Lipinski definition) is 1. The van der Waals surface area contributed by atoms with E-state index in [-0.39, 0.29) is 10.8 Å². The van der Waals surface area contributed by atoms with E-state index in [2.05, 4.69) is 16.9 Å². The smallest absolute Gasteiger partial charge is 0.261 e. The first-order chi connectivity index (χ1) is 15.9. The van der Waals surface area contributed by atoms with Crippen LogP contribution < -0.4 is 9.46 Å². The molecule has 2 aliphatic rings. The molecule has 0 fully saturated rings. The number of anilines is 1. The molecule has 5 rings (SSSR count). The molecule has 6 nitrogen and oxygen atoms in total. The molecule has 2 unspecified atom stereocenters. The Morgan fingerprint density at radius 1 is 1.06 bits per heavy atom. The zero-order valence-corrected chi connectivity index (χ0v) is 18.8. The summed E-state index contributed by atoms with van der Waals surface area (Å²) in [5.41, 5.74) is 3.00. The number of nitriles is 2. The van der Waals surface area contributed by atoms with Crippen molar-refractivity contribution < 1.29 is 13.2 Å². The number of benzene rings is 3. The van der Waals surface area contributed by atoms with Crippen molar-refractivity contribution in [2.24, 2.45) is 5.92 Å². The fourth-order valence-corrected chi connectivity index (χ4v) is 6.11. The van der Waals surface area contributed by atoms with Crippen molar-refractivity contribution in [3.63, 3.8) is 0 Å². The number of nitrogens with zero attached hydrogens (tertiary/aromatic N) is 2. The molecule has 164 valence electrons. The molecule has 2 atom stereocenters. The van der Waals surface area contributed by atoms with Gasteiger partial charge in [0.25, 0.3) is 10.0 Å². The molecule has 0 aromatic heterocycles. The second-order valence-electron chi connectivity index (χ2n) is 8.51. The van der Waals surface area contributed by atoms with Gasteiger partial charge in [-0.05, 0) is 55.7 Å². The molecular weight excluding hydrogens is 434 g/mol. The topological polar surface area (TPSA) is 103 Å². The van der Waals surface area contributed by atoms with Crippen molar-refractivity contribution >= 4 is 15.7 Å². The number of sulfonamides is 1. The van der Waals surface area contributed by atoms with E-state index in [9.17, 15) is 18.9 Å². The minimum atomic E-state index is -3.76. The number of aryl methyl sites for hydroxylation is 2. The van der Waals surface area contributed by atoms with Crippen molar-refractivity contribution in [1.82, 2.24) is 0 Å². The number of rotatable bonds is 4. The molecule has 0 bridgehead atoms. The van der Waals surface area contributed by atoms with Crippen molar-refractivity contribution in [3.05, 3.63) is 89.0 Å². The Bertz CT molecular complexity index is 1420. The van der Waals surface area contributed by atoms with Crippen molar-refractivity contribution in [1.29, 1.82) is 10.5 Å². The first kappa shape index (κ1) is 21.1. The summed E-state index contributed by atoms with van der Waals surface area (Å²) in [4.78, 5) is 0.180. The molecule has 0 spiro atoms. The van der Waals surface area contributed by atoms with Crippen LogP contribution in [0.25, 0.3) is 0 Å². The summed E-state index contributed by atoms with van der Waals surface area (Å²) < 4.78 is 34.9. The van der Waals surface area contributed by atoms with Gasteiger partial charge in [0.1, 0.15) is 5.75 Å². The third kappa shape index (κ3) is 3.25. The highest BCUT2D eigenvalue weighted by Gasteiger charge is 2.58. The van der Waals surface area contributed by atoms with Crippen LogP contribution in [0.15, 0.2) is 71.6 Å². The zero-order chi connectivity index (χ0) is 23.2. The first-order valence-corrected chi connectivity index (χ1v) is 12.2. The Kier molecular flexibility index (Phi) is 4.88. The lowest BCUT2D eigenvalue weighted by molar-refractivity contribution is 0.0329. The molecule has 3 aromatic rings. The minimum absolute atomic E-state index is 0.180. The van der Waals surface area contributed by atoms with Crippen LogP contribution in [0.1, 0.15) is 34.6 Å². The largest absolute Gasteiger partial charge is 0.479 e. The van der Waals surface area contributed by atoms with E-state index in [1.807, 2.05) is 31.2 Å². The molecule has 1 aliphatic carbocycles. The van der Waals surface area contributed by atoms with Gasteiger partial charge >= 0.3 is 0 Å². The van der Waals surface area contributed by atoms with Gasteiger partial charge in [-0.1, -0.05) is 42.0 Å². The molecule has 0 amide bonds. The lowest BCUT2D eigenvalue weighted by Crippen LogP contribution is -2.45. The van der Waals surface area contributed by atoms with Gasteiger partial charge in [0, 0.05) is 22.7 Å². The Morgan fingerprint density at radius 2 is 1.79 bits per heavy atom. The quantitative estimate of drug-likeness (QED) is 0.610. The SMILES string of the molecule is Cc1ccc(S(=O)(=O)Nc2ccc3c(c2)C2CCc4ccccc4C2(C(C#N)C#N)O3)cc1. The maximum atomic E-state index is 12.9. The van der Waals surface area contributed by atoms with Crippen LogP contribution in [-0.4, -0.2) is 8.42 Å². The monoisotopic (exact) mass is 455 g/mol. The Morgan fingerprint density at radius 3 is 2.52 bits per heavy atom. The van der Waals surface area contributed by atoms with E-state index in [1.165, 1.54) is 0 Å². The third-order valence-electron chi connectivity index (χ3n) is 6.59. The predicted molar refractivity (Wildman–Crippen MR) is 123 cm³/mol. The summed E-state index contributed by atoms with van der Waals surface area (Å²) in [6.07, 6.45) is 1.48. The van der Waals surface area contributed by atoms with Crippen LogP contribution >= 0.6 is 0 Å². The van der Waals surface area contributed by atoms with Gasteiger partial charge in [0.05, 0.1) is 17.0 Å². The van der Waals surface area contributed by atoms with Gasteiger partial charge in [0.2, 0.25) is 0 Å². The summed E-state index contributed by atoms with van der Waals surface area (Å²) in [7, 11) is -3.76. The van der Waals surface area contributed by atoms with Crippen LogP contribution in [0.4, 0.5) is 5.69 Å². The number of ether oxygens (including phenoxy) is 1. The fourth-order valence-electron chi connectivity index (χ4n) is 5.06. The highest BCUT2D eigenvalue weighted by atomic mass is 32.2. The van der Waals surface area contributed by atoms with E-state index >= 15 is 0 Å². The molecule has 1 aliphatic heterocycles. The van der Waals surface area contributed by atoms with E-state index in [0.29, 0.717) is 17.9 Å². The average molecular weight is 456 g/mol. The Labute approximate surface area is 193 Å². The summed E-state index contributed by atoms with van der Waals surface area (Å²) in [5.74, 6) is -0.676. The molecular formula is C26H21N3O3S. The summed E-state index contributed by atoms with van der Waals surface area (Å²) in [5, 5.41) is 19.7. The van der Waals surface area contributed by atoms with Crippen molar-refractivity contribution in [3.8, 4) is 17.9 Å². The van der Waals surface area contributed by atoms with Gasteiger partial charge in [-0.15, -0.1) is 0 Å². The molecule has 0 radical (unpaired) electrons. The maximum Gasteiger partial charge on any atom is 0.261 e. The second kappa shape index (κ2) is 7.65. The standard InChI is InChI=1S/C26H21N3O3S/c1-17-6-10-21(11-7-17)33(30,31)29-20-9-13-25-22(14-20)24-12-8-18-4-2-3-5-23(18)26(24,32-25)19(15-27)16-28/h2-7,9-11,13-14,19,24,29H,8,12H2,1H3. The number of nitrogens with one attached hydrogen (secondary N) is 1.